The van der Waals surface area contributed by atoms with Crippen LogP contribution in [0.5, 0.6) is 0 Å². The molecule has 0 bridgehead atoms. The van der Waals surface area contributed by atoms with Crippen molar-refractivity contribution < 1.29 is 29.3 Å². The van der Waals surface area contributed by atoms with Crippen LogP contribution < -0.4 is 0 Å². The molecule has 0 heterocycles. The summed E-state index contributed by atoms with van der Waals surface area (Å²) in [5.74, 6) is -0.678. The number of rotatable bonds is 37. The summed E-state index contributed by atoms with van der Waals surface area (Å²) in [6.07, 6.45) is 46.5. The van der Waals surface area contributed by atoms with Gasteiger partial charge in [-0.05, 0) is 38.5 Å². The van der Waals surface area contributed by atoms with Crippen LogP contribution in [-0.4, -0.2) is 47.6 Å². The third-order valence-electron chi connectivity index (χ3n) is 8.98. The molecule has 0 aliphatic heterocycles. The number of ether oxygens (including phenoxy) is 2. The highest BCUT2D eigenvalue weighted by Gasteiger charge is 2.16. The van der Waals surface area contributed by atoms with Crippen LogP contribution in [0.1, 0.15) is 194 Å². The Labute approximate surface area is 308 Å². The van der Waals surface area contributed by atoms with Crippen molar-refractivity contribution in [2.24, 2.45) is 0 Å². The van der Waals surface area contributed by atoms with Crippen molar-refractivity contribution in [1.29, 1.82) is 0 Å². The zero-order chi connectivity index (χ0) is 36.6. The molecule has 2 atom stereocenters. The van der Waals surface area contributed by atoms with E-state index in [4.69, 9.17) is 9.47 Å². The molecule has 0 amide bonds. The summed E-state index contributed by atoms with van der Waals surface area (Å²) >= 11 is 0. The maximum Gasteiger partial charge on any atom is 0.306 e. The van der Waals surface area contributed by atoms with E-state index in [0.29, 0.717) is 12.8 Å². The van der Waals surface area contributed by atoms with Gasteiger partial charge < -0.3 is 19.7 Å². The van der Waals surface area contributed by atoms with E-state index in [1.54, 1.807) is 0 Å². The fraction of sp³-hybridized carbons (Fsp3) is 0.773. The summed E-state index contributed by atoms with van der Waals surface area (Å²) in [4.78, 5) is 24.3. The van der Waals surface area contributed by atoms with Gasteiger partial charge in [0.1, 0.15) is 6.61 Å². The highest BCUT2D eigenvalue weighted by Crippen LogP contribution is 2.15. The number of unbranched alkanes of at least 4 members (excludes halogenated alkanes) is 20. The van der Waals surface area contributed by atoms with Crippen LogP contribution in [0, 0.1) is 0 Å². The van der Waals surface area contributed by atoms with Gasteiger partial charge in [0.15, 0.2) is 6.10 Å². The highest BCUT2D eigenvalue weighted by molar-refractivity contribution is 5.70. The van der Waals surface area contributed by atoms with E-state index >= 15 is 0 Å². The Kier molecular flexibility index (Phi) is 37.9. The number of hydrogen-bond acceptors (Lipinski definition) is 6. The van der Waals surface area contributed by atoms with Gasteiger partial charge in [-0.25, -0.2) is 0 Å². The Morgan fingerprint density at radius 2 is 1.04 bits per heavy atom. The SMILES string of the molecule is CCCCCCCCCCCCCCCCCCCCC(=O)OC[C@H](CO)OC(=O)CCC/C=C\C/C=C\C/C=C\C=C\[C@@H](O)CCCCC. The van der Waals surface area contributed by atoms with E-state index in [1.807, 2.05) is 18.2 Å². The zero-order valence-corrected chi connectivity index (χ0v) is 32.5. The quantitative estimate of drug-likeness (QED) is 0.0290. The lowest BCUT2D eigenvalue weighted by Crippen LogP contribution is -2.28. The second kappa shape index (κ2) is 39.6. The fourth-order valence-electron chi connectivity index (χ4n) is 5.78. The second-order valence-corrected chi connectivity index (χ2v) is 13.9. The molecular formula is C44H78O6. The number of aliphatic hydroxyl groups is 2. The zero-order valence-electron chi connectivity index (χ0n) is 32.5. The van der Waals surface area contributed by atoms with E-state index in [0.717, 1.165) is 57.8 Å². The second-order valence-electron chi connectivity index (χ2n) is 13.9. The average molecular weight is 703 g/mol. The molecular weight excluding hydrogens is 624 g/mol. The standard InChI is InChI=1S/C44H78O6/c1-3-5-7-8-9-10-11-12-13-14-15-16-17-20-23-26-29-33-37-43(47)49-40-42(39-45)50-44(48)38-34-30-27-24-21-18-19-22-25-28-32-36-41(46)35-31-6-4-2/h18-19,24-25,27-28,32,36,41-42,45-46H,3-17,20-23,26,29-31,33-35,37-40H2,1-2H3/b19-18-,27-24-,28-25-,36-32+/t41-,42-/m0/s1. The third-order valence-corrected chi connectivity index (χ3v) is 8.98. The fourth-order valence-corrected chi connectivity index (χ4v) is 5.78. The lowest BCUT2D eigenvalue weighted by atomic mass is 10.0. The van der Waals surface area contributed by atoms with E-state index in [1.165, 1.54) is 103 Å². The summed E-state index contributed by atoms with van der Waals surface area (Å²) in [6, 6.07) is 0. The summed E-state index contributed by atoms with van der Waals surface area (Å²) < 4.78 is 10.6. The van der Waals surface area contributed by atoms with Gasteiger partial charge in [0.05, 0.1) is 12.7 Å². The molecule has 0 aromatic carbocycles. The molecule has 6 nitrogen and oxygen atoms in total. The van der Waals surface area contributed by atoms with Crippen LogP contribution in [0.15, 0.2) is 48.6 Å². The number of esters is 2. The first kappa shape index (κ1) is 47.8. The molecule has 0 radical (unpaired) electrons. The molecule has 0 aromatic rings. The minimum Gasteiger partial charge on any atom is -0.462 e. The van der Waals surface area contributed by atoms with E-state index in [2.05, 4.69) is 44.2 Å². The van der Waals surface area contributed by atoms with Gasteiger partial charge in [0, 0.05) is 12.8 Å². The smallest absolute Gasteiger partial charge is 0.306 e. The van der Waals surface area contributed by atoms with Gasteiger partial charge in [-0.3, -0.25) is 9.59 Å². The topological polar surface area (TPSA) is 93.1 Å². The summed E-state index contributed by atoms with van der Waals surface area (Å²) in [6.45, 7) is 3.97. The molecule has 0 aliphatic rings. The van der Waals surface area contributed by atoms with Crippen molar-refractivity contribution in [3.05, 3.63) is 48.6 Å². The largest absolute Gasteiger partial charge is 0.462 e. The molecule has 2 N–H and O–H groups in total. The first-order valence-corrected chi connectivity index (χ1v) is 20.8. The van der Waals surface area contributed by atoms with Crippen LogP contribution in [0.2, 0.25) is 0 Å². The predicted molar refractivity (Wildman–Crippen MR) is 211 cm³/mol. The van der Waals surface area contributed by atoms with Gasteiger partial charge >= 0.3 is 11.9 Å². The Morgan fingerprint density at radius 3 is 1.60 bits per heavy atom. The predicted octanol–water partition coefficient (Wildman–Crippen LogP) is 12.0. The Bertz CT molecular complexity index is 861. The third kappa shape index (κ3) is 37.1. The van der Waals surface area contributed by atoms with Crippen molar-refractivity contribution >= 4 is 11.9 Å². The van der Waals surface area contributed by atoms with Crippen molar-refractivity contribution in [3.8, 4) is 0 Å². The summed E-state index contributed by atoms with van der Waals surface area (Å²) in [5, 5.41) is 19.4. The van der Waals surface area contributed by atoms with Crippen LogP contribution in [0.25, 0.3) is 0 Å². The lowest BCUT2D eigenvalue weighted by Gasteiger charge is -2.15. The number of carbonyl (C=O) groups excluding carboxylic acids is 2. The monoisotopic (exact) mass is 703 g/mol. The molecule has 0 fully saturated rings. The molecule has 0 unspecified atom stereocenters. The number of allylic oxidation sites excluding steroid dienone is 7. The molecule has 0 aliphatic carbocycles. The Morgan fingerprint density at radius 1 is 0.560 bits per heavy atom. The first-order valence-electron chi connectivity index (χ1n) is 20.8. The van der Waals surface area contributed by atoms with Gasteiger partial charge in [-0.1, -0.05) is 191 Å². The molecule has 0 saturated heterocycles. The highest BCUT2D eigenvalue weighted by atomic mass is 16.6. The summed E-state index contributed by atoms with van der Waals surface area (Å²) in [5.41, 5.74) is 0. The summed E-state index contributed by atoms with van der Waals surface area (Å²) in [7, 11) is 0. The van der Waals surface area contributed by atoms with Crippen LogP contribution in [0.4, 0.5) is 0 Å². The minimum atomic E-state index is -0.812. The van der Waals surface area contributed by atoms with Crippen LogP contribution in [0.3, 0.4) is 0 Å². The lowest BCUT2D eigenvalue weighted by molar-refractivity contribution is -0.161. The van der Waals surface area contributed by atoms with Gasteiger partial charge in [-0.2, -0.15) is 0 Å². The molecule has 0 saturated carbocycles. The van der Waals surface area contributed by atoms with Crippen molar-refractivity contribution in [1.82, 2.24) is 0 Å². The maximum absolute atomic E-state index is 12.2. The first-order chi connectivity index (χ1) is 24.5. The minimum absolute atomic E-state index is 0.0984. The number of hydrogen-bond donors (Lipinski definition) is 2. The number of carbonyl (C=O) groups is 2. The van der Waals surface area contributed by atoms with E-state index in [-0.39, 0.29) is 37.7 Å². The molecule has 0 rings (SSSR count). The van der Waals surface area contributed by atoms with Crippen molar-refractivity contribution in [3.63, 3.8) is 0 Å². The van der Waals surface area contributed by atoms with Crippen molar-refractivity contribution in [2.45, 2.75) is 206 Å². The van der Waals surface area contributed by atoms with E-state index < -0.39 is 6.10 Å². The van der Waals surface area contributed by atoms with Gasteiger partial charge in [0.2, 0.25) is 0 Å². The Balaban J connectivity index is 3.66. The average Bonchev–Trinajstić information content (AvgIpc) is 3.11. The molecule has 290 valence electrons. The van der Waals surface area contributed by atoms with Crippen molar-refractivity contribution in [2.75, 3.05) is 13.2 Å². The maximum atomic E-state index is 12.2. The Hall–Kier alpha value is -2.18. The molecule has 6 heteroatoms. The number of aliphatic hydroxyl groups excluding tert-OH is 2. The normalized spacial score (nSPS) is 13.3. The molecule has 0 spiro atoms. The van der Waals surface area contributed by atoms with Crippen LogP contribution >= 0.6 is 0 Å². The van der Waals surface area contributed by atoms with Gasteiger partial charge in [0.25, 0.3) is 0 Å². The van der Waals surface area contributed by atoms with Gasteiger partial charge in [-0.15, -0.1) is 0 Å². The molecule has 0 aromatic heterocycles. The van der Waals surface area contributed by atoms with E-state index in [9.17, 15) is 19.8 Å². The molecule has 50 heavy (non-hydrogen) atoms. The van der Waals surface area contributed by atoms with Crippen LogP contribution in [-0.2, 0) is 19.1 Å².